The smallest absolute Gasteiger partial charge is 0.407 e. The van der Waals surface area contributed by atoms with Gasteiger partial charge in [-0.15, -0.1) is 0 Å². The maximum atomic E-state index is 11.1. The Kier molecular flexibility index (Phi) is 35.1. The second-order valence-electron chi connectivity index (χ2n) is 28.2. The quantitative estimate of drug-likeness (QED) is 0.170. The van der Waals surface area contributed by atoms with Gasteiger partial charge in [-0.3, -0.25) is 0 Å². The Labute approximate surface area is 513 Å². The Hall–Kier alpha value is -1.49. The third-order valence-electron chi connectivity index (χ3n) is 18.5. The fourth-order valence-corrected chi connectivity index (χ4v) is 12.1. The minimum Gasteiger partial charge on any atom is -0.444 e. The van der Waals surface area contributed by atoms with E-state index < -0.39 is 5.60 Å². The van der Waals surface area contributed by atoms with Crippen LogP contribution in [0.25, 0.3) is 0 Å². The highest BCUT2D eigenvalue weighted by molar-refractivity contribution is 5.68. The van der Waals surface area contributed by atoms with Crippen molar-refractivity contribution in [1.82, 2.24) is 93.2 Å². The monoisotopic (exact) mass is 1190 g/mol. The number of likely N-dealkylation sites (N-methyl/N-ethyl adjacent to an activating group) is 5. The van der Waals surface area contributed by atoms with Crippen LogP contribution < -0.4 is 63.8 Å². The summed E-state index contributed by atoms with van der Waals surface area (Å²) in [5.74, 6) is 1.91. The molecule has 494 valence electrons. The first-order valence-electron chi connectivity index (χ1n) is 33.4. The van der Waals surface area contributed by atoms with Crippen LogP contribution in [0.4, 0.5) is 4.79 Å². The highest BCUT2D eigenvalue weighted by Crippen LogP contribution is 2.22. The number of hydrogen-bond acceptors (Lipinski definition) is 21. The summed E-state index contributed by atoms with van der Waals surface area (Å²) >= 11 is 0. The molecule has 0 spiro atoms. The van der Waals surface area contributed by atoms with Crippen LogP contribution in [-0.4, -0.2) is 334 Å². The number of fused-ring (bicyclic) bond motifs is 8. The highest BCUT2D eigenvalue weighted by Gasteiger charge is 2.36. The van der Waals surface area contributed by atoms with Gasteiger partial charge in [-0.2, -0.15) is 0 Å². The number of morpholine rings is 2. The zero-order chi connectivity index (χ0) is 60.9. The maximum Gasteiger partial charge on any atom is 0.407 e. The molecule has 15 heterocycles. The van der Waals surface area contributed by atoms with Crippen molar-refractivity contribution in [1.29, 1.82) is 0 Å². The van der Waals surface area contributed by atoms with Crippen molar-refractivity contribution in [3.63, 3.8) is 0 Å². The molecule has 22 nitrogen and oxygen atoms in total. The van der Waals surface area contributed by atoms with Crippen molar-refractivity contribution < 1.29 is 19.0 Å². The fraction of sp³-hybridized carbons (Fsp3) is 0.984. The zero-order valence-electron chi connectivity index (χ0n) is 56.0. The predicted octanol–water partition coefficient (Wildman–Crippen LogP) is -0.606. The van der Waals surface area contributed by atoms with E-state index in [-0.39, 0.29) is 12.1 Å². The second-order valence-corrected chi connectivity index (χ2v) is 28.2. The summed E-state index contributed by atoms with van der Waals surface area (Å²) in [6, 6.07) is 7.42. The first-order valence-corrected chi connectivity index (χ1v) is 33.4. The Morgan fingerprint density at radius 2 is 0.857 bits per heavy atom. The van der Waals surface area contributed by atoms with Crippen LogP contribution in [0, 0.1) is 11.8 Å². The second kappa shape index (κ2) is 40.3. The Bertz CT molecular complexity index is 1550. The molecule has 1 amide bonds. The lowest BCUT2D eigenvalue weighted by Crippen LogP contribution is -2.57. The maximum absolute atomic E-state index is 11.1. The lowest BCUT2D eigenvalue weighted by molar-refractivity contribution is 0.0488. The number of ether oxygens (including phenoxy) is 3. The summed E-state index contributed by atoms with van der Waals surface area (Å²) in [6.07, 6.45) is 11.3. The van der Waals surface area contributed by atoms with Crippen molar-refractivity contribution in [2.45, 2.75) is 164 Å². The van der Waals surface area contributed by atoms with E-state index >= 15 is 0 Å². The van der Waals surface area contributed by atoms with Gasteiger partial charge in [0.2, 0.25) is 0 Å². The fourth-order valence-electron chi connectivity index (χ4n) is 12.1. The summed E-state index contributed by atoms with van der Waals surface area (Å²) in [4.78, 5) is 25.2. The molecule has 15 saturated heterocycles. The summed E-state index contributed by atoms with van der Waals surface area (Å²) in [6.45, 7) is 37.6. The van der Waals surface area contributed by atoms with Crippen LogP contribution in [0.3, 0.4) is 0 Å². The standard InChI is InChI=1S/C8H16N2O2.C7H16N2.2C6H12N2.2C6H14N2.C5H12N2.2C5H9NO.2C4H9N/c1-8(2,3)12-7(11)10-6-4-9-5-6;1-9(2)7-3-5-8-6-4-7;2*1-8-4-5-2-6(8)3-7-5;2*1-8(2)6-3-4-7-5-6;1-7-4-2-6-3-5-7;2*1-4-3-7-5(1)2-6-4;2*1-4-2-5-3-4/h6,9H,4-5H2,1-3H3,(H,10,11);7-8H,3-6H2,1-2H3;2*5-7H,2-4H2,1H3;2*6-7H,3-5H2,1-2H3;6H,2-5H2,1H3;2*4-6H,1-3H2;2*4-5H,2-3H2,1H3/t;;2*5-,6-;2*6-;;2*4-,5-;;/m..1010.10../s1. The molecule has 8 bridgehead atoms. The molecule has 0 radical (unpaired) electrons. The molecule has 0 aromatic rings. The number of hydrogen-bond donors (Lipinski definition) is 12. The van der Waals surface area contributed by atoms with Crippen molar-refractivity contribution in [2.75, 3.05) is 221 Å². The third kappa shape index (κ3) is 30.3. The molecule has 0 unspecified atom stereocenters. The Morgan fingerprint density at radius 3 is 1.02 bits per heavy atom. The van der Waals surface area contributed by atoms with Crippen LogP contribution >= 0.6 is 0 Å². The van der Waals surface area contributed by atoms with Gasteiger partial charge >= 0.3 is 6.09 Å². The van der Waals surface area contributed by atoms with E-state index in [4.69, 9.17) is 14.2 Å². The predicted molar refractivity (Wildman–Crippen MR) is 348 cm³/mol. The van der Waals surface area contributed by atoms with Crippen molar-refractivity contribution in [2.24, 2.45) is 11.8 Å². The highest BCUT2D eigenvalue weighted by atomic mass is 16.6. The normalized spacial score (nSPS) is 32.7. The number of rotatable bonds is 4. The van der Waals surface area contributed by atoms with E-state index in [1.54, 1.807) is 0 Å². The number of alkyl carbamates (subject to hydrolysis) is 1. The lowest BCUT2D eigenvalue weighted by atomic mass is 10.1. The largest absolute Gasteiger partial charge is 0.444 e. The van der Waals surface area contributed by atoms with Crippen LogP contribution in [0.2, 0.25) is 0 Å². The van der Waals surface area contributed by atoms with E-state index in [1.807, 2.05) is 20.8 Å². The molecule has 12 N–H and O–H groups in total. The van der Waals surface area contributed by atoms with Gasteiger partial charge in [0, 0.05) is 146 Å². The van der Waals surface area contributed by atoms with Crippen LogP contribution in [0.5, 0.6) is 0 Å². The van der Waals surface area contributed by atoms with Gasteiger partial charge in [-0.25, -0.2) is 4.79 Å². The van der Waals surface area contributed by atoms with Gasteiger partial charge in [0.05, 0.1) is 31.5 Å². The zero-order valence-corrected chi connectivity index (χ0v) is 56.0. The van der Waals surface area contributed by atoms with E-state index in [0.717, 1.165) is 107 Å². The van der Waals surface area contributed by atoms with Gasteiger partial charge in [0.1, 0.15) is 5.60 Å². The topological polar surface area (TPSA) is 209 Å². The van der Waals surface area contributed by atoms with E-state index in [1.165, 1.54) is 156 Å². The van der Waals surface area contributed by atoms with E-state index in [2.05, 4.69) is 170 Å². The van der Waals surface area contributed by atoms with E-state index in [0.29, 0.717) is 24.3 Å². The molecule has 22 heteroatoms. The SMILES string of the molecule is C1O[C@@H]2CN[C@H]1C2.C1O[C@H]2CN[C@@H]1C2.CC(C)(C)OC(=O)NC1CNC1.CC1CNC1.CC1CNC1.CN(C)C1CCNCC1.CN(C)[C@@H]1CCNC1.CN(C)[C@H]1CCNC1.CN1CCNCC1.CN1C[C@@H]2C[C@H]1CN2.CN1C[C@H]2C[C@@H]1CN2. The molecular weight excluding hydrogens is 1060 g/mol. The number of nitrogens with one attached hydrogen (secondary N) is 12. The van der Waals surface area contributed by atoms with Gasteiger partial charge in [-0.1, -0.05) is 13.8 Å². The summed E-state index contributed by atoms with van der Waals surface area (Å²) < 4.78 is 15.6. The first-order chi connectivity index (χ1) is 40.2. The molecule has 0 aliphatic carbocycles. The number of likely N-dealkylation sites (tertiary alicyclic amines) is 2. The molecule has 15 fully saturated rings. The summed E-state index contributed by atoms with van der Waals surface area (Å²) in [5.41, 5.74) is -0.402. The lowest BCUT2D eigenvalue weighted by Gasteiger charge is -2.29. The van der Waals surface area contributed by atoms with Gasteiger partial charge < -0.3 is 107 Å². The number of piperidine rings is 1. The summed E-state index contributed by atoms with van der Waals surface area (Å²) in [5, 5.41) is 38.9. The van der Waals surface area contributed by atoms with E-state index in [9.17, 15) is 4.79 Å². The minimum absolute atomic E-state index is 0.250. The van der Waals surface area contributed by atoms with Crippen LogP contribution in [-0.2, 0) is 14.2 Å². The molecule has 10 atom stereocenters. The molecule has 15 aliphatic rings. The minimum atomic E-state index is -0.402. The number of nitrogens with zero attached hydrogens (tertiary/aromatic N) is 6. The van der Waals surface area contributed by atoms with Crippen molar-refractivity contribution in [3.8, 4) is 0 Å². The molecule has 15 rings (SSSR count). The number of piperazine rings is 3. The third-order valence-corrected chi connectivity index (χ3v) is 18.5. The first kappa shape index (κ1) is 73.2. The molecule has 84 heavy (non-hydrogen) atoms. The van der Waals surface area contributed by atoms with Gasteiger partial charge in [-0.05, 0) is 200 Å². The summed E-state index contributed by atoms with van der Waals surface area (Å²) in [7, 11) is 19.5. The Morgan fingerprint density at radius 1 is 0.476 bits per heavy atom. The molecule has 0 saturated carbocycles. The molecule has 15 aliphatic heterocycles. The number of carbonyl (C=O) groups excluding carboxylic acids is 1. The number of carbonyl (C=O) groups is 1. The van der Waals surface area contributed by atoms with Crippen LogP contribution in [0.15, 0.2) is 0 Å². The van der Waals surface area contributed by atoms with Gasteiger partial charge in [0.15, 0.2) is 0 Å². The average molecular weight is 1190 g/mol. The van der Waals surface area contributed by atoms with Crippen LogP contribution in [0.1, 0.15) is 86.0 Å². The molecule has 0 aromatic heterocycles. The van der Waals surface area contributed by atoms with Crippen molar-refractivity contribution >= 4 is 6.09 Å². The van der Waals surface area contributed by atoms with Crippen molar-refractivity contribution in [3.05, 3.63) is 0 Å². The average Bonchev–Trinajstić information content (AvgIpc) is 4.51. The van der Waals surface area contributed by atoms with Gasteiger partial charge in [0.25, 0.3) is 0 Å². The number of amides is 1. The molecular formula is C62H132N18O4. The molecule has 0 aromatic carbocycles. The Balaban J connectivity index is 0.000000170.